The minimum Gasteiger partial charge on any atom is -0.507 e. The summed E-state index contributed by atoms with van der Waals surface area (Å²) >= 11 is 7.34. The van der Waals surface area contributed by atoms with Crippen LogP contribution in [-0.2, 0) is 11.3 Å². The number of hydrogen-bond donors (Lipinski definition) is 4. The molecule has 0 fully saturated rings. The standard InChI is InChI=1S/C14H14BrNO5S/c1-6(22)13(14(19)20)16-5-7-2-12(18)21-11-4-10(17)9(15)3-8(7)11/h2-4,6,13,16-17,22H,5H2,1H3,(H,19,20)/t6?,13-/m0/s1. The van der Waals surface area contributed by atoms with Gasteiger partial charge in [0.1, 0.15) is 17.4 Å². The van der Waals surface area contributed by atoms with Gasteiger partial charge in [-0.3, -0.25) is 10.1 Å². The number of hydrogen-bond acceptors (Lipinski definition) is 6. The first-order valence-electron chi connectivity index (χ1n) is 6.39. The summed E-state index contributed by atoms with van der Waals surface area (Å²) in [4.78, 5) is 22.8. The lowest BCUT2D eigenvalue weighted by molar-refractivity contribution is -0.139. The smallest absolute Gasteiger partial charge is 0.336 e. The summed E-state index contributed by atoms with van der Waals surface area (Å²) < 4.78 is 5.50. The van der Waals surface area contributed by atoms with Gasteiger partial charge in [-0.2, -0.15) is 12.6 Å². The molecule has 1 heterocycles. The molecule has 3 N–H and O–H groups in total. The highest BCUT2D eigenvalue weighted by Gasteiger charge is 2.22. The molecule has 22 heavy (non-hydrogen) atoms. The van der Waals surface area contributed by atoms with Crippen molar-refractivity contribution in [2.24, 2.45) is 0 Å². The Labute approximate surface area is 139 Å². The average Bonchev–Trinajstić information content (AvgIpc) is 2.40. The first-order valence-corrected chi connectivity index (χ1v) is 7.70. The Kier molecular flexibility index (Phi) is 5.15. The van der Waals surface area contributed by atoms with E-state index in [2.05, 4.69) is 33.9 Å². The highest BCUT2D eigenvalue weighted by molar-refractivity contribution is 9.10. The molecule has 2 atom stereocenters. The number of aliphatic carboxylic acids is 1. The van der Waals surface area contributed by atoms with Gasteiger partial charge in [-0.15, -0.1) is 0 Å². The Hall–Kier alpha value is -1.51. The zero-order valence-corrected chi connectivity index (χ0v) is 14.0. The lowest BCUT2D eigenvalue weighted by Gasteiger charge is -2.17. The van der Waals surface area contributed by atoms with E-state index in [9.17, 15) is 14.7 Å². The Balaban J connectivity index is 2.40. The van der Waals surface area contributed by atoms with Crippen LogP contribution in [0.1, 0.15) is 12.5 Å². The van der Waals surface area contributed by atoms with Crippen molar-refractivity contribution in [3.63, 3.8) is 0 Å². The van der Waals surface area contributed by atoms with Crippen LogP contribution in [0.5, 0.6) is 5.75 Å². The van der Waals surface area contributed by atoms with Crippen molar-refractivity contribution in [3.05, 3.63) is 38.7 Å². The molecule has 2 rings (SSSR count). The van der Waals surface area contributed by atoms with Crippen LogP contribution in [0.25, 0.3) is 11.0 Å². The Morgan fingerprint density at radius 3 is 2.73 bits per heavy atom. The summed E-state index contributed by atoms with van der Waals surface area (Å²) in [5, 5.41) is 21.8. The Bertz CT molecular complexity index is 774. The molecule has 2 aromatic rings. The number of rotatable bonds is 5. The van der Waals surface area contributed by atoms with Gasteiger partial charge in [0.2, 0.25) is 0 Å². The highest BCUT2D eigenvalue weighted by atomic mass is 79.9. The summed E-state index contributed by atoms with van der Waals surface area (Å²) in [6, 6.07) is 3.39. The fourth-order valence-electron chi connectivity index (χ4n) is 2.07. The number of phenolic OH excluding ortho intramolecular Hbond substituents is 1. The molecule has 1 aromatic heterocycles. The van der Waals surface area contributed by atoms with Crippen LogP contribution in [0.3, 0.4) is 0 Å². The first kappa shape index (κ1) is 16.9. The molecule has 0 bridgehead atoms. The number of phenols is 1. The molecule has 0 radical (unpaired) electrons. The number of thiol groups is 1. The summed E-state index contributed by atoms with van der Waals surface area (Å²) in [5.74, 6) is -1.07. The van der Waals surface area contributed by atoms with Crippen LogP contribution in [0, 0.1) is 0 Å². The van der Waals surface area contributed by atoms with Crippen LogP contribution < -0.4 is 10.9 Å². The number of carboxylic acid groups (broad SMARTS) is 1. The number of carboxylic acids is 1. The maximum absolute atomic E-state index is 11.6. The molecule has 0 aliphatic carbocycles. The Morgan fingerprint density at radius 2 is 2.14 bits per heavy atom. The number of carbonyl (C=O) groups is 1. The normalized spacial score (nSPS) is 14.0. The van der Waals surface area contributed by atoms with Crippen LogP contribution in [-0.4, -0.2) is 27.5 Å². The second-order valence-electron chi connectivity index (χ2n) is 4.83. The minimum atomic E-state index is -1.02. The van der Waals surface area contributed by atoms with Crippen molar-refractivity contribution >= 4 is 45.5 Å². The maximum atomic E-state index is 11.6. The van der Waals surface area contributed by atoms with E-state index in [-0.39, 0.29) is 17.9 Å². The van der Waals surface area contributed by atoms with Crippen molar-refractivity contribution in [2.75, 3.05) is 0 Å². The maximum Gasteiger partial charge on any atom is 0.336 e. The zero-order chi connectivity index (χ0) is 16.4. The SMILES string of the molecule is CC(S)[C@H](NCc1cc(=O)oc2cc(O)c(Br)cc12)C(=O)O. The number of nitrogens with one attached hydrogen (secondary N) is 1. The monoisotopic (exact) mass is 387 g/mol. The van der Waals surface area contributed by atoms with E-state index in [1.165, 1.54) is 12.1 Å². The summed E-state index contributed by atoms with van der Waals surface area (Å²) in [6.45, 7) is 1.82. The number of fused-ring (bicyclic) bond motifs is 1. The van der Waals surface area contributed by atoms with E-state index in [0.717, 1.165) is 0 Å². The number of benzene rings is 1. The van der Waals surface area contributed by atoms with Gasteiger partial charge in [0.25, 0.3) is 0 Å². The third-order valence-corrected chi connectivity index (χ3v) is 4.09. The fraction of sp³-hybridized carbons (Fsp3) is 0.286. The average molecular weight is 388 g/mol. The van der Waals surface area contributed by atoms with Crippen LogP contribution in [0.2, 0.25) is 0 Å². The molecule has 0 saturated heterocycles. The van der Waals surface area contributed by atoms with Gasteiger partial charge < -0.3 is 14.6 Å². The zero-order valence-electron chi connectivity index (χ0n) is 11.5. The lowest BCUT2D eigenvalue weighted by atomic mass is 10.1. The molecule has 0 aliphatic heterocycles. The van der Waals surface area contributed by atoms with E-state index in [1.807, 2.05) is 0 Å². The molecular formula is C14H14BrNO5S. The molecule has 1 aromatic carbocycles. The first-order chi connectivity index (χ1) is 10.3. The molecule has 8 heteroatoms. The third kappa shape index (κ3) is 3.63. The van der Waals surface area contributed by atoms with E-state index < -0.39 is 22.9 Å². The summed E-state index contributed by atoms with van der Waals surface area (Å²) in [7, 11) is 0. The molecule has 0 aliphatic rings. The summed E-state index contributed by atoms with van der Waals surface area (Å²) in [5.41, 5.74) is 0.236. The van der Waals surface area contributed by atoms with Crippen LogP contribution in [0.15, 0.2) is 31.9 Å². The fourth-order valence-corrected chi connectivity index (χ4v) is 2.64. The number of aromatic hydroxyl groups is 1. The van der Waals surface area contributed by atoms with Gasteiger partial charge in [0.15, 0.2) is 0 Å². The topological polar surface area (TPSA) is 99.8 Å². The molecule has 1 unspecified atom stereocenters. The van der Waals surface area contributed by atoms with Gasteiger partial charge in [-0.25, -0.2) is 4.79 Å². The highest BCUT2D eigenvalue weighted by Crippen LogP contribution is 2.30. The second-order valence-corrected chi connectivity index (χ2v) is 6.50. The van der Waals surface area contributed by atoms with Crippen molar-refractivity contribution < 1.29 is 19.4 Å². The molecular weight excluding hydrogens is 374 g/mol. The lowest BCUT2D eigenvalue weighted by Crippen LogP contribution is -2.42. The number of halogens is 1. The van der Waals surface area contributed by atoms with Gasteiger partial charge in [-0.1, -0.05) is 6.92 Å². The van der Waals surface area contributed by atoms with Crippen molar-refractivity contribution in [2.45, 2.75) is 24.8 Å². The van der Waals surface area contributed by atoms with Gasteiger partial charge in [-0.05, 0) is 27.6 Å². The molecule has 0 amide bonds. The van der Waals surface area contributed by atoms with Crippen molar-refractivity contribution in [1.82, 2.24) is 5.32 Å². The quantitative estimate of drug-likeness (QED) is 0.463. The predicted molar refractivity (Wildman–Crippen MR) is 88.6 cm³/mol. The van der Waals surface area contributed by atoms with Gasteiger partial charge >= 0.3 is 11.6 Å². The molecule has 6 nitrogen and oxygen atoms in total. The van der Waals surface area contributed by atoms with E-state index in [0.29, 0.717) is 15.4 Å². The van der Waals surface area contributed by atoms with E-state index in [4.69, 9.17) is 9.52 Å². The van der Waals surface area contributed by atoms with Crippen LogP contribution >= 0.6 is 28.6 Å². The van der Waals surface area contributed by atoms with Crippen LogP contribution in [0.4, 0.5) is 0 Å². The van der Waals surface area contributed by atoms with Crippen molar-refractivity contribution in [1.29, 1.82) is 0 Å². The molecule has 118 valence electrons. The second kappa shape index (κ2) is 6.72. The summed E-state index contributed by atoms with van der Waals surface area (Å²) in [6.07, 6.45) is 0. The van der Waals surface area contributed by atoms with E-state index >= 15 is 0 Å². The molecule has 0 spiro atoms. The predicted octanol–water partition coefficient (Wildman–Crippen LogP) is 2.12. The largest absolute Gasteiger partial charge is 0.507 e. The third-order valence-electron chi connectivity index (χ3n) is 3.16. The molecule has 0 saturated carbocycles. The van der Waals surface area contributed by atoms with Gasteiger partial charge in [0, 0.05) is 29.3 Å². The van der Waals surface area contributed by atoms with Gasteiger partial charge in [0.05, 0.1) is 4.47 Å². The van der Waals surface area contributed by atoms with E-state index in [1.54, 1.807) is 13.0 Å². The minimum absolute atomic E-state index is 0.0480. The van der Waals surface area contributed by atoms with Crippen molar-refractivity contribution in [3.8, 4) is 5.75 Å². The Morgan fingerprint density at radius 1 is 1.45 bits per heavy atom.